The summed E-state index contributed by atoms with van der Waals surface area (Å²) >= 11 is 11.6. The first-order valence-electron chi connectivity index (χ1n) is 3.24. The summed E-state index contributed by atoms with van der Waals surface area (Å²) in [4.78, 5) is 0. The normalized spacial score (nSPS) is 12.4. The van der Waals surface area contributed by atoms with Crippen LogP contribution in [0.15, 0.2) is 0 Å². The molecule has 0 rings (SSSR count). The van der Waals surface area contributed by atoms with Crippen LogP contribution >= 0.6 is 34.6 Å². The average molecular weight is 304 g/mol. The first-order chi connectivity index (χ1) is 5.95. The van der Waals surface area contributed by atoms with Crippen molar-refractivity contribution >= 4 is 50.8 Å². The molecule has 0 unspecified atom stereocenters. The van der Waals surface area contributed by atoms with E-state index in [1.54, 1.807) is 0 Å². The Bertz CT molecular complexity index is 138. The van der Waals surface area contributed by atoms with E-state index in [-0.39, 0.29) is 12.4 Å². The summed E-state index contributed by atoms with van der Waals surface area (Å²) in [6.07, 6.45) is 0. The summed E-state index contributed by atoms with van der Waals surface area (Å²) < 4.78 is 24.5. The van der Waals surface area contributed by atoms with Crippen molar-refractivity contribution in [2.75, 3.05) is 28.4 Å². The zero-order valence-electron chi connectivity index (χ0n) is 8.21. The Morgan fingerprint density at radius 1 is 0.714 bits per heavy atom. The van der Waals surface area contributed by atoms with Crippen molar-refractivity contribution in [3.05, 3.63) is 0 Å². The van der Waals surface area contributed by atoms with Gasteiger partial charge in [0.1, 0.15) is 0 Å². The molecule has 0 radical (unpaired) electrons. The van der Waals surface area contributed by atoms with Crippen LogP contribution in [0.5, 0.6) is 0 Å². The van der Waals surface area contributed by atoms with Gasteiger partial charge in [-0.1, -0.05) is 22.2 Å². The Hall–Kier alpha value is 1.10. The predicted molar refractivity (Wildman–Crippen MR) is 59.6 cm³/mol. The van der Waals surface area contributed by atoms with Crippen molar-refractivity contribution in [2.45, 2.75) is 0 Å². The molecule has 0 aliphatic heterocycles. The lowest BCUT2D eigenvalue weighted by molar-refractivity contribution is 0.119. The second-order valence-corrected chi connectivity index (χ2v) is 9.03. The van der Waals surface area contributed by atoms with Gasteiger partial charge in [-0.25, -0.2) is 0 Å². The molecule has 14 heavy (non-hydrogen) atoms. The Morgan fingerprint density at radius 2 is 0.929 bits per heavy atom. The van der Waals surface area contributed by atoms with Crippen molar-refractivity contribution in [3.63, 3.8) is 0 Å². The highest BCUT2D eigenvalue weighted by molar-refractivity contribution is 7.18. The van der Waals surface area contributed by atoms with Gasteiger partial charge in [0.25, 0.3) is 0 Å². The van der Waals surface area contributed by atoms with E-state index in [1.165, 1.54) is 28.4 Å². The fraction of sp³-hybridized carbons (Fsp3) is 1.00. The van der Waals surface area contributed by atoms with E-state index in [2.05, 4.69) is 0 Å². The number of hydrogen-bond donors (Lipinski definition) is 0. The molecule has 0 bridgehead atoms. The molecular formula is C4H13Cl3O5Si2. The lowest BCUT2D eigenvalue weighted by Crippen LogP contribution is -2.51. The van der Waals surface area contributed by atoms with Crippen molar-refractivity contribution in [3.8, 4) is 0 Å². The highest BCUT2D eigenvalue weighted by atomic mass is 35.6. The van der Waals surface area contributed by atoms with Crippen LogP contribution in [0.3, 0.4) is 0 Å². The predicted octanol–water partition coefficient (Wildman–Crippen LogP) is 1.36. The maximum absolute atomic E-state index is 5.81. The van der Waals surface area contributed by atoms with Gasteiger partial charge in [-0.05, 0) is 0 Å². The van der Waals surface area contributed by atoms with Gasteiger partial charge in [-0.3, -0.25) is 0 Å². The summed E-state index contributed by atoms with van der Waals surface area (Å²) in [7, 11) is -1.00. The maximum atomic E-state index is 5.81. The standard InChI is InChI=1S/C4H12Cl2O5Si2.ClH/c1-7-12(5,8-2)11-13(6,9-3)10-4;/h1-4H3;1H. The molecule has 0 saturated carbocycles. The first-order valence-corrected chi connectivity index (χ1v) is 8.71. The van der Waals surface area contributed by atoms with Gasteiger partial charge in [0.05, 0.1) is 0 Å². The minimum absolute atomic E-state index is 0. The molecule has 5 nitrogen and oxygen atoms in total. The topological polar surface area (TPSA) is 46.2 Å². The molecule has 0 aromatic carbocycles. The molecular weight excluding hydrogens is 291 g/mol. The van der Waals surface area contributed by atoms with E-state index >= 15 is 0 Å². The van der Waals surface area contributed by atoms with Gasteiger partial charge < -0.3 is 21.8 Å². The summed E-state index contributed by atoms with van der Waals surface area (Å²) in [6.45, 7) is 0. The van der Waals surface area contributed by atoms with Crippen LogP contribution < -0.4 is 0 Å². The minimum atomic E-state index is -3.22. The second-order valence-electron chi connectivity index (χ2n) is 1.88. The third-order valence-electron chi connectivity index (χ3n) is 1.22. The molecule has 0 aliphatic carbocycles. The highest BCUT2D eigenvalue weighted by Crippen LogP contribution is 2.22. The number of hydrogen-bond acceptors (Lipinski definition) is 5. The number of halogens is 3. The molecule has 0 spiro atoms. The lowest BCUT2D eigenvalue weighted by atomic mass is 11.8. The van der Waals surface area contributed by atoms with Gasteiger partial charge in [0.15, 0.2) is 0 Å². The minimum Gasteiger partial charge on any atom is -0.365 e. The number of rotatable bonds is 6. The molecule has 0 N–H and O–H groups in total. The Morgan fingerprint density at radius 3 is 1.07 bits per heavy atom. The van der Waals surface area contributed by atoms with E-state index in [0.29, 0.717) is 0 Å². The third-order valence-corrected chi connectivity index (χ3v) is 8.36. The SMILES string of the molecule is CO[Si](Cl)(OC)O[Si](Cl)(OC)OC.Cl. The molecule has 0 aliphatic rings. The van der Waals surface area contributed by atoms with Crippen LogP contribution in [-0.2, 0) is 21.8 Å². The van der Waals surface area contributed by atoms with Crippen molar-refractivity contribution in [1.82, 2.24) is 0 Å². The smallest absolute Gasteiger partial charge is 0.365 e. The van der Waals surface area contributed by atoms with Crippen LogP contribution in [0.4, 0.5) is 0 Å². The molecule has 0 aromatic rings. The quantitative estimate of drug-likeness (QED) is 0.548. The largest absolute Gasteiger partial charge is 0.606 e. The summed E-state index contributed by atoms with van der Waals surface area (Å²) in [5, 5.41) is 0. The van der Waals surface area contributed by atoms with E-state index in [4.69, 9.17) is 44.0 Å². The van der Waals surface area contributed by atoms with Crippen molar-refractivity contribution in [1.29, 1.82) is 0 Å². The molecule has 0 heterocycles. The monoisotopic (exact) mass is 302 g/mol. The van der Waals surface area contributed by atoms with Gasteiger partial charge in [0.2, 0.25) is 0 Å². The van der Waals surface area contributed by atoms with Gasteiger partial charge in [-0.2, -0.15) is 0 Å². The third kappa shape index (κ3) is 5.26. The lowest BCUT2D eigenvalue weighted by Gasteiger charge is -2.26. The molecule has 0 amide bonds. The Labute approximate surface area is 101 Å². The van der Waals surface area contributed by atoms with E-state index in [0.717, 1.165) is 0 Å². The second kappa shape index (κ2) is 7.39. The van der Waals surface area contributed by atoms with Crippen molar-refractivity contribution < 1.29 is 21.8 Å². The van der Waals surface area contributed by atoms with Crippen LogP contribution in [-0.4, -0.2) is 44.7 Å². The van der Waals surface area contributed by atoms with Crippen molar-refractivity contribution in [2.24, 2.45) is 0 Å². The van der Waals surface area contributed by atoms with E-state index in [1.807, 2.05) is 0 Å². The summed E-state index contributed by atoms with van der Waals surface area (Å²) in [6, 6.07) is 0. The van der Waals surface area contributed by atoms with Gasteiger partial charge >= 0.3 is 16.2 Å². The average Bonchev–Trinajstić information content (AvgIpc) is 2.17. The van der Waals surface area contributed by atoms with Crippen LogP contribution in [0, 0.1) is 0 Å². The first kappa shape index (κ1) is 17.5. The molecule has 88 valence electrons. The highest BCUT2D eigenvalue weighted by Gasteiger charge is 2.51. The fourth-order valence-electron chi connectivity index (χ4n) is 0.479. The van der Waals surface area contributed by atoms with Gasteiger partial charge in [-0.15, -0.1) is 12.4 Å². The Kier molecular flexibility index (Phi) is 9.23. The zero-order valence-corrected chi connectivity index (χ0v) is 12.5. The molecule has 10 heteroatoms. The summed E-state index contributed by atoms with van der Waals surface area (Å²) in [5.41, 5.74) is 0. The molecule has 0 aromatic heterocycles. The Balaban J connectivity index is 0. The fourth-order valence-corrected chi connectivity index (χ4v) is 5.49. The van der Waals surface area contributed by atoms with Crippen LogP contribution in [0.1, 0.15) is 0 Å². The van der Waals surface area contributed by atoms with Crippen LogP contribution in [0.25, 0.3) is 0 Å². The zero-order chi connectivity index (χ0) is 10.5. The molecule has 0 atom stereocenters. The van der Waals surface area contributed by atoms with Crippen LogP contribution in [0.2, 0.25) is 0 Å². The van der Waals surface area contributed by atoms with Gasteiger partial charge in [0, 0.05) is 28.4 Å². The van der Waals surface area contributed by atoms with E-state index in [9.17, 15) is 0 Å². The maximum Gasteiger partial charge on any atom is 0.606 e. The summed E-state index contributed by atoms with van der Waals surface area (Å²) in [5.74, 6) is 0. The van der Waals surface area contributed by atoms with E-state index < -0.39 is 16.2 Å². The molecule has 0 saturated heterocycles. The molecule has 0 fully saturated rings.